The number of piperazine rings is 1. The molecule has 0 unspecified atom stereocenters. The first-order valence-corrected chi connectivity index (χ1v) is 6.48. The average Bonchev–Trinajstić information content (AvgIpc) is 2.87. The molecule has 0 bridgehead atoms. The number of benzene rings is 1. The van der Waals surface area contributed by atoms with Gasteiger partial charge >= 0.3 is 6.09 Å². The van der Waals surface area contributed by atoms with Crippen LogP contribution < -0.4 is 0 Å². The van der Waals surface area contributed by atoms with E-state index < -0.39 is 6.09 Å². The van der Waals surface area contributed by atoms with Gasteiger partial charge in [-0.2, -0.15) is 0 Å². The average molecular weight is 259 g/mol. The van der Waals surface area contributed by atoms with Crippen LogP contribution in [0.5, 0.6) is 0 Å². The third-order valence-electron chi connectivity index (χ3n) is 3.67. The zero-order chi connectivity index (χ0) is 13.2. The minimum Gasteiger partial charge on any atom is -0.465 e. The van der Waals surface area contributed by atoms with E-state index in [9.17, 15) is 4.79 Å². The standard InChI is InChI=1S/C14H17N3O2/c18-14(19)17-7-5-16(6-8-17)10-11-1-2-12-3-4-15-13(12)9-11/h1-4,9,15H,5-8,10H2,(H,18,19). The summed E-state index contributed by atoms with van der Waals surface area (Å²) in [5, 5.41) is 10.1. The van der Waals surface area contributed by atoms with E-state index in [2.05, 4.69) is 34.1 Å². The zero-order valence-electron chi connectivity index (χ0n) is 10.7. The molecule has 5 heteroatoms. The lowest BCUT2D eigenvalue weighted by Gasteiger charge is -2.33. The Labute approximate surface area is 111 Å². The molecule has 1 aliphatic rings. The fourth-order valence-corrected chi connectivity index (χ4v) is 2.55. The van der Waals surface area contributed by atoms with Crippen molar-refractivity contribution < 1.29 is 9.90 Å². The van der Waals surface area contributed by atoms with Gasteiger partial charge in [-0.25, -0.2) is 4.79 Å². The first kappa shape index (κ1) is 12.0. The normalized spacial score (nSPS) is 16.9. The molecule has 1 aromatic heterocycles. The van der Waals surface area contributed by atoms with Crippen molar-refractivity contribution in [2.75, 3.05) is 26.2 Å². The van der Waals surface area contributed by atoms with Crippen LogP contribution in [-0.2, 0) is 6.54 Å². The Balaban J connectivity index is 1.64. The van der Waals surface area contributed by atoms with Crippen molar-refractivity contribution >= 4 is 17.0 Å². The molecule has 1 aromatic carbocycles. The SMILES string of the molecule is O=C(O)N1CCN(Cc2ccc3cc[nH]c3c2)CC1. The topological polar surface area (TPSA) is 59.6 Å². The Bertz CT molecular complexity index is 585. The molecule has 1 aliphatic heterocycles. The van der Waals surface area contributed by atoms with Crippen LogP contribution in [-0.4, -0.2) is 52.2 Å². The number of nitrogens with one attached hydrogen (secondary N) is 1. The van der Waals surface area contributed by atoms with Gasteiger partial charge in [0, 0.05) is 44.4 Å². The quantitative estimate of drug-likeness (QED) is 0.866. The van der Waals surface area contributed by atoms with Crippen molar-refractivity contribution in [3.05, 3.63) is 36.0 Å². The Morgan fingerprint density at radius 1 is 1.21 bits per heavy atom. The summed E-state index contributed by atoms with van der Waals surface area (Å²) < 4.78 is 0. The van der Waals surface area contributed by atoms with Crippen LogP contribution in [0.15, 0.2) is 30.5 Å². The number of nitrogens with zero attached hydrogens (tertiary/aromatic N) is 2. The van der Waals surface area contributed by atoms with Gasteiger partial charge in [-0.05, 0) is 23.1 Å². The molecule has 0 radical (unpaired) electrons. The maximum Gasteiger partial charge on any atom is 0.407 e. The number of amides is 1. The lowest BCUT2D eigenvalue weighted by atomic mass is 10.1. The minimum atomic E-state index is -0.813. The van der Waals surface area contributed by atoms with Gasteiger partial charge in [-0.3, -0.25) is 4.90 Å². The summed E-state index contributed by atoms with van der Waals surface area (Å²) in [6.45, 7) is 3.67. The third kappa shape index (κ3) is 2.56. The molecule has 2 aromatic rings. The van der Waals surface area contributed by atoms with Crippen LogP contribution in [0.1, 0.15) is 5.56 Å². The van der Waals surface area contributed by atoms with Crippen LogP contribution in [0.25, 0.3) is 10.9 Å². The van der Waals surface area contributed by atoms with Crippen molar-refractivity contribution in [2.45, 2.75) is 6.54 Å². The van der Waals surface area contributed by atoms with E-state index in [1.54, 1.807) is 0 Å². The number of H-pyrrole nitrogens is 1. The van der Waals surface area contributed by atoms with E-state index in [-0.39, 0.29) is 0 Å². The summed E-state index contributed by atoms with van der Waals surface area (Å²) in [7, 11) is 0. The van der Waals surface area contributed by atoms with E-state index in [1.807, 2.05) is 6.20 Å². The second kappa shape index (κ2) is 4.93. The van der Waals surface area contributed by atoms with Gasteiger partial charge in [-0.1, -0.05) is 12.1 Å². The third-order valence-corrected chi connectivity index (χ3v) is 3.67. The molecule has 1 fully saturated rings. The monoisotopic (exact) mass is 259 g/mol. The number of aromatic amines is 1. The van der Waals surface area contributed by atoms with Crippen molar-refractivity contribution in [1.29, 1.82) is 0 Å². The summed E-state index contributed by atoms with van der Waals surface area (Å²) in [6.07, 6.45) is 1.13. The Hall–Kier alpha value is -2.01. The van der Waals surface area contributed by atoms with Crippen molar-refractivity contribution in [3.63, 3.8) is 0 Å². The van der Waals surface area contributed by atoms with Gasteiger partial charge in [0.1, 0.15) is 0 Å². The van der Waals surface area contributed by atoms with E-state index in [1.165, 1.54) is 15.8 Å². The second-order valence-electron chi connectivity index (χ2n) is 4.95. The fourth-order valence-electron chi connectivity index (χ4n) is 2.55. The van der Waals surface area contributed by atoms with E-state index in [0.29, 0.717) is 13.1 Å². The van der Waals surface area contributed by atoms with Gasteiger partial charge in [0.2, 0.25) is 0 Å². The van der Waals surface area contributed by atoms with Gasteiger partial charge in [0.15, 0.2) is 0 Å². The van der Waals surface area contributed by atoms with Gasteiger partial charge in [0.05, 0.1) is 0 Å². The summed E-state index contributed by atoms with van der Waals surface area (Å²) in [5.41, 5.74) is 2.42. The fraction of sp³-hybridized carbons (Fsp3) is 0.357. The van der Waals surface area contributed by atoms with Crippen LogP contribution in [0.3, 0.4) is 0 Å². The molecule has 1 amide bonds. The van der Waals surface area contributed by atoms with E-state index in [0.717, 1.165) is 25.2 Å². The Kier molecular flexibility index (Phi) is 3.13. The predicted octanol–water partition coefficient (Wildman–Crippen LogP) is 1.96. The molecule has 3 rings (SSSR count). The molecule has 2 heterocycles. The zero-order valence-corrected chi connectivity index (χ0v) is 10.7. The number of rotatable bonds is 2. The first-order chi connectivity index (χ1) is 9.22. The second-order valence-corrected chi connectivity index (χ2v) is 4.95. The first-order valence-electron chi connectivity index (χ1n) is 6.48. The number of carbonyl (C=O) groups is 1. The number of hydrogen-bond donors (Lipinski definition) is 2. The van der Waals surface area contributed by atoms with Crippen molar-refractivity contribution in [3.8, 4) is 0 Å². The Morgan fingerprint density at radius 2 is 2.00 bits per heavy atom. The maximum absolute atomic E-state index is 10.8. The lowest BCUT2D eigenvalue weighted by Crippen LogP contribution is -2.47. The summed E-state index contributed by atoms with van der Waals surface area (Å²) in [5.74, 6) is 0. The summed E-state index contributed by atoms with van der Waals surface area (Å²) >= 11 is 0. The molecule has 1 saturated heterocycles. The highest BCUT2D eigenvalue weighted by Gasteiger charge is 2.20. The van der Waals surface area contributed by atoms with Gasteiger partial charge in [-0.15, -0.1) is 0 Å². The highest BCUT2D eigenvalue weighted by molar-refractivity contribution is 5.79. The van der Waals surface area contributed by atoms with Crippen molar-refractivity contribution in [1.82, 2.24) is 14.8 Å². The predicted molar refractivity (Wildman–Crippen MR) is 73.2 cm³/mol. The highest BCUT2D eigenvalue weighted by Crippen LogP contribution is 2.16. The molecular formula is C14H17N3O2. The molecule has 0 spiro atoms. The van der Waals surface area contributed by atoms with Crippen LogP contribution in [0.4, 0.5) is 4.79 Å². The number of aromatic nitrogens is 1. The minimum absolute atomic E-state index is 0.597. The summed E-state index contributed by atoms with van der Waals surface area (Å²) in [6, 6.07) is 8.48. The molecule has 0 atom stereocenters. The smallest absolute Gasteiger partial charge is 0.407 e. The van der Waals surface area contributed by atoms with Crippen LogP contribution >= 0.6 is 0 Å². The number of carboxylic acid groups (broad SMARTS) is 1. The van der Waals surface area contributed by atoms with Gasteiger partial charge < -0.3 is 15.0 Å². The van der Waals surface area contributed by atoms with E-state index in [4.69, 9.17) is 5.11 Å². The van der Waals surface area contributed by atoms with Crippen molar-refractivity contribution in [2.24, 2.45) is 0 Å². The summed E-state index contributed by atoms with van der Waals surface area (Å²) in [4.78, 5) is 17.8. The van der Waals surface area contributed by atoms with Crippen LogP contribution in [0, 0.1) is 0 Å². The Morgan fingerprint density at radius 3 is 2.74 bits per heavy atom. The molecular weight excluding hydrogens is 242 g/mol. The number of fused-ring (bicyclic) bond motifs is 1. The largest absolute Gasteiger partial charge is 0.465 e. The highest BCUT2D eigenvalue weighted by atomic mass is 16.4. The maximum atomic E-state index is 10.8. The van der Waals surface area contributed by atoms with Crippen LogP contribution in [0.2, 0.25) is 0 Å². The molecule has 100 valence electrons. The van der Waals surface area contributed by atoms with Gasteiger partial charge in [0.25, 0.3) is 0 Å². The lowest BCUT2D eigenvalue weighted by molar-refractivity contribution is 0.103. The molecule has 19 heavy (non-hydrogen) atoms. The molecule has 0 saturated carbocycles. The number of hydrogen-bond acceptors (Lipinski definition) is 2. The molecule has 5 nitrogen and oxygen atoms in total. The van der Waals surface area contributed by atoms with E-state index >= 15 is 0 Å². The molecule has 0 aliphatic carbocycles. The molecule has 2 N–H and O–H groups in total.